The lowest BCUT2D eigenvalue weighted by atomic mass is 9.88. The Labute approximate surface area is 229 Å². The van der Waals surface area contributed by atoms with Crippen LogP contribution in [0.4, 0.5) is 4.79 Å². The van der Waals surface area contributed by atoms with Crippen LogP contribution in [-0.2, 0) is 22.6 Å². The summed E-state index contributed by atoms with van der Waals surface area (Å²) in [6, 6.07) is 23.9. The lowest BCUT2D eigenvalue weighted by molar-refractivity contribution is -0.131. The highest BCUT2D eigenvalue weighted by Crippen LogP contribution is 2.37. The highest BCUT2D eigenvalue weighted by molar-refractivity contribution is 6.32. The van der Waals surface area contributed by atoms with Crippen LogP contribution in [-0.4, -0.2) is 43.6 Å². The van der Waals surface area contributed by atoms with Gasteiger partial charge in [-0.1, -0.05) is 78.7 Å². The fourth-order valence-electron chi connectivity index (χ4n) is 4.87. The fraction of sp³-hybridized carbons (Fsp3) is 0.355. The van der Waals surface area contributed by atoms with Gasteiger partial charge in [-0.15, -0.1) is 0 Å². The van der Waals surface area contributed by atoms with Gasteiger partial charge in [0.1, 0.15) is 12.4 Å². The number of carbonyl (C=O) groups excluding carboxylic acids is 2. The number of unbranched alkanes of at least 4 members (excludes halogenated alkanes) is 2. The molecule has 38 heavy (non-hydrogen) atoms. The van der Waals surface area contributed by atoms with E-state index in [2.05, 4.69) is 17.4 Å². The molecule has 0 aliphatic carbocycles. The van der Waals surface area contributed by atoms with Crippen molar-refractivity contribution in [3.8, 4) is 5.75 Å². The molecule has 0 radical (unpaired) electrons. The minimum absolute atomic E-state index is 0.0508. The molecule has 0 bridgehead atoms. The Balaban J connectivity index is 1.26. The summed E-state index contributed by atoms with van der Waals surface area (Å²) in [5.74, 6) is 0.866. The number of halogens is 1. The minimum Gasteiger partial charge on any atom is -0.495 e. The predicted octanol–water partition coefficient (Wildman–Crippen LogP) is 6.35. The second kappa shape index (κ2) is 13.9. The van der Waals surface area contributed by atoms with E-state index < -0.39 is 6.09 Å². The normalized spacial score (nSPS) is 14.8. The number of rotatable bonds is 10. The summed E-state index contributed by atoms with van der Waals surface area (Å²) in [7, 11) is 1.63. The van der Waals surface area contributed by atoms with E-state index in [1.807, 2.05) is 65.6 Å². The zero-order valence-electron chi connectivity index (χ0n) is 21.8. The van der Waals surface area contributed by atoms with E-state index in [0.29, 0.717) is 36.8 Å². The quantitative estimate of drug-likeness (QED) is 0.308. The lowest BCUT2D eigenvalue weighted by Crippen LogP contribution is -2.34. The highest BCUT2D eigenvalue weighted by Gasteiger charge is 2.28. The number of hydrogen-bond acceptors (Lipinski definition) is 4. The van der Waals surface area contributed by atoms with E-state index in [4.69, 9.17) is 21.1 Å². The van der Waals surface area contributed by atoms with Gasteiger partial charge in [0, 0.05) is 32.0 Å². The van der Waals surface area contributed by atoms with Crippen molar-refractivity contribution >= 4 is 23.6 Å². The Hall–Kier alpha value is -3.51. The predicted molar refractivity (Wildman–Crippen MR) is 150 cm³/mol. The molecule has 1 unspecified atom stereocenters. The van der Waals surface area contributed by atoms with E-state index in [-0.39, 0.29) is 18.4 Å². The van der Waals surface area contributed by atoms with E-state index in [0.717, 1.165) is 42.4 Å². The van der Waals surface area contributed by atoms with Gasteiger partial charge in [-0.2, -0.15) is 0 Å². The SMILES string of the molecule is COc1cc2c(cc1Cl)CCN(C(=O)CCCCCNC(=O)OCc1ccccc1)CC2c1ccccc1. The molecule has 0 saturated carbocycles. The van der Waals surface area contributed by atoms with Crippen LogP contribution in [0.25, 0.3) is 0 Å². The molecule has 3 aromatic carbocycles. The molecule has 1 aliphatic rings. The number of carbonyl (C=O) groups is 2. The Bertz CT molecular complexity index is 1200. The molecule has 1 N–H and O–H groups in total. The Kier molecular flexibility index (Phi) is 10.0. The maximum atomic E-state index is 13.2. The summed E-state index contributed by atoms with van der Waals surface area (Å²) in [5.41, 5.74) is 4.45. The van der Waals surface area contributed by atoms with Crippen molar-refractivity contribution in [1.29, 1.82) is 0 Å². The second-order valence-electron chi connectivity index (χ2n) is 9.54. The van der Waals surface area contributed by atoms with Crippen LogP contribution in [0.2, 0.25) is 5.02 Å². The average molecular weight is 535 g/mol. The van der Waals surface area contributed by atoms with Crippen LogP contribution in [0.3, 0.4) is 0 Å². The molecule has 0 spiro atoms. The van der Waals surface area contributed by atoms with Gasteiger partial charge in [0.05, 0.1) is 12.1 Å². The third-order valence-electron chi connectivity index (χ3n) is 6.95. The van der Waals surface area contributed by atoms with Gasteiger partial charge >= 0.3 is 6.09 Å². The van der Waals surface area contributed by atoms with Crippen molar-refractivity contribution in [2.24, 2.45) is 0 Å². The van der Waals surface area contributed by atoms with Crippen molar-refractivity contribution in [2.75, 3.05) is 26.7 Å². The monoisotopic (exact) mass is 534 g/mol. The van der Waals surface area contributed by atoms with Crippen molar-refractivity contribution in [3.05, 3.63) is 100 Å². The number of methoxy groups -OCH3 is 1. The molecule has 7 heteroatoms. The number of benzene rings is 3. The maximum absolute atomic E-state index is 13.2. The van der Waals surface area contributed by atoms with Crippen molar-refractivity contribution < 1.29 is 19.1 Å². The van der Waals surface area contributed by atoms with Gasteiger partial charge in [0.15, 0.2) is 0 Å². The Morgan fingerprint density at radius 3 is 2.47 bits per heavy atom. The topological polar surface area (TPSA) is 67.9 Å². The summed E-state index contributed by atoms with van der Waals surface area (Å²) in [5, 5.41) is 3.38. The molecule has 0 fully saturated rings. The van der Waals surface area contributed by atoms with Gasteiger partial charge in [0.2, 0.25) is 5.91 Å². The Morgan fingerprint density at radius 2 is 1.74 bits per heavy atom. The molecule has 6 nitrogen and oxygen atoms in total. The Morgan fingerprint density at radius 1 is 1.00 bits per heavy atom. The number of amides is 2. The zero-order chi connectivity index (χ0) is 26.7. The minimum atomic E-state index is -0.419. The van der Waals surface area contributed by atoms with Crippen LogP contribution in [0.15, 0.2) is 72.8 Å². The summed E-state index contributed by atoms with van der Waals surface area (Å²) in [6.07, 6.45) is 3.25. The smallest absolute Gasteiger partial charge is 0.407 e. The van der Waals surface area contributed by atoms with Crippen LogP contribution in [0.5, 0.6) is 5.75 Å². The van der Waals surface area contributed by atoms with Gasteiger partial charge in [-0.05, 0) is 53.6 Å². The standard InChI is InChI=1S/C31H35ClN2O4/c1-37-29-20-26-25(19-28(29)32)16-18-34(21-27(26)24-13-7-3-8-14-24)30(35)15-9-4-10-17-33-31(36)38-22-23-11-5-2-6-12-23/h2-3,5-8,11-14,19-20,27H,4,9-10,15-18,21-22H2,1H3,(H,33,36). The van der Waals surface area contributed by atoms with Crippen LogP contribution < -0.4 is 10.1 Å². The van der Waals surface area contributed by atoms with Gasteiger partial charge in [-0.25, -0.2) is 4.79 Å². The molecule has 1 heterocycles. The number of nitrogens with one attached hydrogen (secondary N) is 1. The van der Waals surface area contributed by atoms with Crippen LogP contribution >= 0.6 is 11.6 Å². The first-order valence-corrected chi connectivity index (χ1v) is 13.6. The van der Waals surface area contributed by atoms with Crippen LogP contribution in [0, 0.1) is 0 Å². The number of nitrogens with zero attached hydrogens (tertiary/aromatic N) is 1. The first-order valence-electron chi connectivity index (χ1n) is 13.2. The third-order valence-corrected chi connectivity index (χ3v) is 7.24. The van der Waals surface area contributed by atoms with Gasteiger partial charge in [-0.3, -0.25) is 4.79 Å². The van der Waals surface area contributed by atoms with Crippen molar-refractivity contribution in [2.45, 2.75) is 44.6 Å². The van der Waals surface area contributed by atoms with E-state index in [1.165, 1.54) is 5.56 Å². The molecule has 1 atom stereocenters. The van der Waals surface area contributed by atoms with Crippen molar-refractivity contribution in [1.82, 2.24) is 10.2 Å². The summed E-state index contributed by atoms with van der Waals surface area (Å²) < 4.78 is 10.7. The third kappa shape index (κ3) is 7.51. The first-order chi connectivity index (χ1) is 18.5. The second-order valence-corrected chi connectivity index (χ2v) is 9.94. The number of alkyl carbamates (subject to hydrolysis) is 1. The molecular weight excluding hydrogens is 500 g/mol. The van der Waals surface area contributed by atoms with E-state index in [9.17, 15) is 9.59 Å². The molecule has 0 aromatic heterocycles. The van der Waals surface area contributed by atoms with Gasteiger partial charge < -0.3 is 19.7 Å². The molecule has 0 saturated heterocycles. The summed E-state index contributed by atoms with van der Waals surface area (Å²) >= 11 is 6.44. The van der Waals surface area contributed by atoms with Crippen LogP contribution in [0.1, 0.15) is 53.9 Å². The zero-order valence-corrected chi connectivity index (χ0v) is 22.6. The molecule has 200 valence electrons. The van der Waals surface area contributed by atoms with Crippen molar-refractivity contribution in [3.63, 3.8) is 0 Å². The lowest BCUT2D eigenvalue weighted by Gasteiger charge is -2.26. The molecule has 3 aromatic rings. The molecular formula is C31H35ClN2O4. The van der Waals surface area contributed by atoms with Gasteiger partial charge in [0.25, 0.3) is 0 Å². The fourth-order valence-corrected chi connectivity index (χ4v) is 5.13. The molecule has 2 amide bonds. The summed E-state index contributed by atoms with van der Waals surface area (Å²) in [4.78, 5) is 27.1. The highest BCUT2D eigenvalue weighted by atomic mass is 35.5. The largest absolute Gasteiger partial charge is 0.495 e. The number of ether oxygens (including phenoxy) is 2. The van der Waals surface area contributed by atoms with E-state index in [1.54, 1.807) is 7.11 Å². The first kappa shape index (κ1) is 27.5. The summed E-state index contributed by atoms with van der Waals surface area (Å²) in [6.45, 7) is 2.06. The average Bonchev–Trinajstić information content (AvgIpc) is 3.13. The molecule has 4 rings (SSSR count). The number of hydrogen-bond donors (Lipinski definition) is 1. The van der Waals surface area contributed by atoms with E-state index >= 15 is 0 Å². The number of fused-ring (bicyclic) bond motifs is 1. The molecule has 1 aliphatic heterocycles. The maximum Gasteiger partial charge on any atom is 0.407 e.